The molecule has 1 saturated heterocycles. The van der Waals surface area contributed by atoms with Crippen LogP contribution in [0.2, 0.25) is 0 Å². The third-order valence-corrected chi connectivity index (χ3v) is 7.04. The SMILES string of the molecule is C#C[C@]1(CO)OC[C@@H](n2cnc3c(NC(=O)OCCCCCCCCCCCCCC)nc(F)nc32)[C@@H]1O. The average Bonchev–Trinajstić information content (AvgIpc) is 3.47. The van der Waals surface area contributed by atoms with Crippen molar-refractivity contribution < 1.29 is 28.9 Å². The molecule has 1 fully saturated rings. The number of carbonyl (C=O) groups excluding carboxylic acids is 1. The van der Waals surface area contributed by atoms with Gasteiger partial charge in [0.25, 0.3) is 0 Å². The number of aliphatic hydroxyl groups is 2. The highest BCUT2D eigenvalue weighted by molar-refractivity contribution is 5.93. The van der Waals surface area contributed by atoms with Gasteiger partial charge in [-0.15, -0.1) is 6.42 Å². The molecule has 3 atom stereocenters. The zero-order chi connectivity index (χ0) is 27.4. The summed E-state index contributed by atoms with van der Waals surface area (Å²) in [5.41, 5.74) is -1.43. The number of nitrogens with zero attached hydrogens (tertiary/aromatic N) is 4. The number of anilines is 1. The van der Waals surface area contributed by atoms with E-state index in [4.69, 9.17) is 15.9 Å². The fraction of sp³-hybridized carbons (Fsp3) is 0.704. The first-order valence-electron chi connectivity index (χ1n) is 13.7. The second-order valence-corrected chi connectivity index (χ2v) is 9.83. The van der Waals surface area contributed by atoms with Gasteiger partial charge < -0.3 is 24.3 Å². The van der Waals surface area contributed by atoms with Gasteiger partial charge in [-0.25, -0.2) is 9.78 Å². The predicted octanol–water partition coefficient (Wildman–Crippen LogP) is 4.51. The minimum Gasteiger partial charge on any atom is -0.449 e. The smallest absolute Gasteiger partial charge is 0.412 e. The molecule has 0 aromatic carbocycles. The lowest BCUT2D eigenvalue weighted by molar-refractivity contribution is -0.0495. The van der Waals surface area contributed by atoms with E-state index >= 15 is 0 Å². The van der Waals surface area contributed by atoms with Crippen LogP contribution >= 0.6 is 0 Å². The monoisotopic (exact) mass is 533 g/mol. The summed E-state index contributed by atoms with van der Waals surface area (Å²) >= 11 is 0. The fourth-order valence-corrected chi connectivity index (χ4v) is 4.73. The van der Waals surface area contributed by atoms with Crippen molar-refractivity contribution in [3.05, 3.63) is 12.4 Å². The Kier molecular flexibility index (Phi) is 11.7. The summed E-state index contributed by atoms with van der Waals surface area (Å²) in [6.45, 7) is 1.84. The van der Waals surface area contributed by atoms with Crippen LogP contribution in [0.5, 0.6) is 0 Å². The second kappa shape index (κ2) is 15.0. The molecule has 2 aromatic heterocycles. The number of terminal acetylenes is 1. The summed E-state index contributed by atoms with van der Waals surface area (Å²) in [5.74, 6) is 2.13. The van der Waals surface area contributed by atoms with E-state index in [9.17, 15) is 19.4 Å². The van der Waals surface area contributed by atoms with Crippen molar-refractivity contribution in [1.82, 2.24) is 19.5 Å². The van der Waals surface area contributed by atoms with Crippen molar-refractivity contribution in [2.45, 2.75) is 102 Å². The molecule has 3 rings (SSSR count). The molecule has 3 N–H and O–H groups in total. The van der Waals surface area contributed by atoms with Crippen molar-refractivity contribution >= 4 is 23.1 Å². The van der Waals surface area contributed by atoms with E-state index in [-0.39, 0.29) is 30.2 Å². The number of aromatic nitrogens is 4. The van der Waals surface area contributed by atoms with Gasteiger partial charge in [0.1, 0.15) is 6.10 Å². The Morgan fingerprint density at radius 1 is 1.18 bits per heavy atom. The molecule has 0 bridgehead atoms. The molecular formula is C27H40FN5O5. The van der Waals surface area contributed by atoms with Crippen LogP contribution in [0.25, 0.3) is 11.2 Å². The summed E-state index contributed by atoms with van der Waals surface area (Å²) < 4.78 is 26.3. The highest BCUT2D eigenvalue weighted by Crippen LogP contribution is 2.35. The number of aliphatic hydroxyl groups excluding tert-OH is 2. The molecule has 10 nitrogen and oxygen atoms in total. The van der Waals surface area contributed by atoms with E-state index in [0.29, 0.717) is 0 Å². The minimum atomic E-state index is -1.58. The van der Waals surface area contributed by atoms with Crippen LogP contribution in [0.4, 0.5) is 15.0 Å². The predicted molar refractivity (Wildman–Crippen MR) is 141 cm³/mol. The van der Waals surface area contributed by atoms with Crippen molar-refractivity contribution in [3.63, 3.8) is 0 Å². The molecule has 0 unspecified atom stereocenters. The Balaban J connectivity index is 1.42. The minimum absolute atomic E-state index is 0.0344. The van der Waals surface area contributed by atoms with Crippen LogP contribution in [-0.2, 0) is 9.47 Å². The molecular weight excluding hydrogens is 493 g/mol. The number of carbonyl (C=O) groups is 1. The number of hydrogen-bond acceptors (Lipinski definition) is 8. The van der Waals surface area contributed by atoms with E-state index < -0.39 is 36.5 Å². The lowest BCUT2D eigenvalue weighted by atomic mass is 9.96. The van der Waals surface area contributed by atoms with Gasteiger partial charge in [-0.2, -0.15) is 14.4 Å². The third kappa shape index (κ3) is 7.62. The van der Waals surface area contributed by atoms with Crippen molar-refractivity contribution in [3.8, 4) is 12.3 Å². The molecule has 0 spiro atoms. The molecule has 11 heteroatoms. The second-order valence-electron chi connectivity index (χ2n) is 9.83. The van der Waals surface area contributed by atoms with Crippen molar-refractivity contribution in [1.29, 1.82) is 0 Å². The quantitative estimate of drug-likeness (QED) is 0.163. The number of hydrogen-bond donors (Lipinski definition) is 3. The summed E-state index contributed by atoms with van der Waals surface area (Å²) in [7, 11) is 0. The van der Waals surface area contributed by atoms with Crippen molar-refractivity contribution in [2.75, 3.05) is 25.1 Å². The number of rotatable bonds is 16. The molecule has 1 aliphatic heterocycles. The molecule has 1 amide bonds. The highest BCUT2D eigenvalue weighted by Gasteiger charge is 2.49. The summed E-state index contributed by atoms with van der Waals surface area (Å²) in [4.78, 5) is 23.9. The maximum Gasteiger partial charge on any atom is 0.412 e. The van der Waals surface area contributed by atoms with Gasteiger partial charge >= 0.3 is 12.2 Å². The van der Waals surface area contributed by atoms with E-state index in [1.807, 2.05) is 0 Å². The van der Waals surface area contributed by atoms with Gasteiger partial charge in [0.15, 0.2) is 22.6 Å². The van der Waals surface area contributed by atoms with Gasteiger partial charge in [0, 0.05) is 0 Å². The highest BCUT2D eigenvalue weighted by atomic mass is 19.1. The first kappa shape index (κ1) is 29.7. The molecule has 2 aromatic rings. The Labute approximate surface area is 223 Å². The Morgan fingerprint density at radius 2 is 1.82 bits per heavy atom. The van der Waals surface area contributed by atoms with Gasteiger partial charge in [0.05, 0.1) is 32.2 Å². The molecule has 3 heterocycles. The molecule has 210 valence electrons. The average molecular weight is 534 g/mol. The normalized spacial score (nSPS) is 21.0. The van der Waals surface area contributed by atoms with Gasteiger partial charge in [0.2, 0.25) is 0 Å². The Morgan fingerprint density at radius 3 is 2.39 bits per heavy atom. The number of nitrogens with one attached hydrogen (secondary N) is 1. The van der Waals surface area contributed by atoms with Crippen LogP contribution < -0.4 is 5.32 Å². The molecule has 1 aliphatic rings. The topological polar surface area (TPSA) is 132 Å². The van der Waals surface area contributed by atoms with Gasteiger partial charge in [-0.1, -0.05) is 83.5 Å². The van der Waals surface area contributed by atoms with Gasteiger partial charge in [-0.3, -0.25) is 5.32 Å². The first-order valence-corrected chi connectivity index (χ1v) is 13.7. The Hall–Kier alpha value is -2.81. The number of halogens is 1. The van der Waals surface area contributed by atoms with Crippen LogP contribution in [0.15, 0.2) is 6.33 Å². The summed E-state index contributed by atoms with van der Waals surface area (Å²) in [6, 6.07) is -0.775. The lowest BCUT2D eigenvalue weighted by Crippen LogP contribution is -2.43. The maximum absolute atomic E-state index is 14.2. The molecule has 0 saturated carbocycles. The number of amides is 1. The molecule has 38 heavy (non-hydrogen) atoms. The number of fused-ring (bicyclic) bond motifs is 1. The van der Waals surface area contributed by atoms with Crippen LogP contribution in [0, 0.1) is 18.4 Å². The van der Waals surface area contributed by atoms with Gasteiger partial charge in [-0.05, 0) is 6.42 Å². The largest absolute Gasteiger partial charge is 0.449 e. The van der Waals surface area contributed by atoms with Crippen LogP contribution in [0.3, 0.4) is 0 Å². The van der Waals surface area contributed by atoms with E-state index in [0.717, 1.165) is 19.3 Å². The summed E-state index contributed by atoms with van der Waals surface area (Å²) in [6.07, 6.45) is 18.1. The Bertz CT molecular complexity index is 1070. The maximum atomic E-state index is 14.2. The lowest BCUT2D eigenvalue weighted by Gasteiger charge is -2.25. The van der Waals surface area contributed by atoms with Crippen molar-refractivity contribution in [2.24, 2.45) is 0 Å². The summed E-state index contributed by atoms with van der Waals surface area (Å²) in [5, 5.41) is 22.7. The van der Waals surface area contributed by atoms with E-state index in [1.54, 1.807) is 0 Å². The number of imidazole rings is 1. The third-order valence-electron chi connectivity index (χ3n) is 7.04. The van der Waals surface area contributed by atoms with Crippen LogP contribution in [0.1, 0.15) is 90.0 Å². The zero-order valence-corrected chi connectivity index (χ0v) is 22.2. The van der Waals surface area contributed by atoms with Crippen LogP contribution in [-0.4, -0.2) is 67.4 Å². The fourth-order valence-electron chi connectivity index (χ4n) is 4.73. The number of ether oxygens (including phenoxy) is 2. The zero-order valence-electron chi connectivity index (χ0n) is 22.2. The molecule has 0 radical (unpaired) electrons. The standard InChI is InChI=1S/C27H40FN5O5/c1-3-5-6-7-8-9-10-11-12-13-14-15-16-37-26(36)31-23-21-24(32-25(28)30-23)33(19-29-21)20-17-38-27(4-2,18-34)22(20)35/h2,19-20,22,34-35H,3,5-18H2,1H3,(H,30,31,32,36)/t20-,22+,27-/m1/s1. The van der Waals surface area contributed by atoms with E-state index in [2.05, 4.69) is 33.1 Å². The number of unbranched alkanes of at least 4 members (excludes halogenated alkanes) is 11. The van der Waals surface area contributed by atoms with E-state index in [1.165, 1.54) is 68.7 Å². The molecule has 0 aliphatic carbocycles. The first-order chi connectivity index (χ1) is 18.5.